The Bertz CT molecular complexity index is 1560. The fourth-order valence-electron chi connectivity index (χ4n) is 4.56. The number of rotatable bonds is 3. The summed E-state index contributed by atoms with van der Waals surface area (Å²) in [5.41, 5.74) is 0.298. The van der Waals surface area contributed by atoms with Crippen molar-refractivity contribution in [1.82, 2.24) is 29.3 Å². The van der Waals surface area contributed by atoms with Gasteiger partial charge >= 0.3 is 6.18 Å². The number of hydrogen-bond acceptors (Lipinski definition) is 5. The Morgan fingerprint density at radius 3 is 2.53 bits per heavy atom. The van der Waals surface area contributed by atoms with Crippen molar-refractivity contribution in [2.75, 3.05) is 11.9 Å². The largest absolute Gasteiger partial charge is 0.435 e. The van der Waals surface area contributed by atoms with Gasteiger partial charge in [0.15, 0.2) is 11.3 Å². The Hall–Kier alpha value is -4.22. The maximum absolute atomic E-state index is 14.0. The highest BCUT2D eigenvalue weighted by Gasteiger charge is 2.42. The van der Waals surface area contributed by atoms with Crippen molar-refractivity contribution in [2.45, 2.75) is 46.8 Å². The number of hydrogen-bond donors (Lipinski definition) is 1. The fraction of sp³-hybridized carbons (Fsp3) is 0.346. The zero-order chi connectivity index (χ0) is 27.4. The number of carbonyl (C=O) groups is 2. The number of alkyl halides is 3. The molecular formula is C26H26F3N7O2. The Kier molecular flexibility index (Phi) is 6.00. The first kappa shape index (κ1) is 25.4. The van der Waals surface area contributed by atoms with Crippen LogP contribution in [-0.2, 0) is 23.9 Å². The van der Waals surface area contributed by atoms with Crippen molar-refractivity contribution in [2.24, 2.45) is 5.41 Å². The van der Waals surface area contributed by atoms with Crippen LogP contribution in [0.5, 0.6) is 0 Å². The van der Waals surface area contributed by atoms with E-state index in [4.69, 9.17) is 0 Å². The van der Waals surface area contributed by atoms with E-state index >= 15 is 0 Å². The second kappa shape index (κ2) is 8.96. The van der Waals surface area contributed by atoms with Gasteiger partial charge in [-0.2, -0.15) is 23.4 Å². The third-order valence-corrected chi connectivity index (χ3v) is 6.30. The van der Waals surface area contributed by atoms with Gasteiger partial charge in [-0.15, -0.1) is 0 Å². The summed E-state index contributed by atoms with van der Waals surface area (Å²) >= 11 is 0. The second-order valence-corrected chi connectivity index (χ2v) is 10.3. The van der Waals surface area contributed by atoms with Crippen molar-refractivity contribution in [3.8, 4) is 5.69 Å². The van der Waals surface area contributed by atoms with Crippen LogP contribution in [0, 0.1) is 12.3 Å². The average molecular weight is 526 g/mol. The van der Waals surface area contributed by atoms with Crippen LogP contribution in [0.4, 0.5) is 18.9 Å². The monoisotopic (exact) mass is 525 g/mol. The van der Waals surface area contributed by atoms with Crippen molar-refractivity contribution in [3.05, 3.63) is 70.9 Å². The molecule has 0 bridgehead atoms. The predicted octanol–water partition coefficient (Wildman–Crippen LogP) is 4.43. The Morgan fingerprint density at radius 2 is 1.82 bits per heavy atom. The molecule has 38 heavy (non-hydrogen) atoms. The van der Waals surface area contributed by atoms with Crippen LogP contribution in [0.15, 0.2) is 42.6 Å². The van der Waals surface area contributed by atoms with Crippen molar-refractivity contribution in [1.29, 1.82) is 0 Å². The number of halogens is 3. The third-order valence-electron chi connectivity index (χ3n) is 6.30. The van der Waals surface area contributed by atoms with Gasteiger partial charge in [0, 0.05) is 36.1 Å². The second-order valence-electron chi connectivity index (χ2n) is 10.3. The number of nitrogens with zero attached hydrogens (tertiary/aromatic N) is 6. The molecule has 198 valence electrons. The quantitative estimate of drug-likeness (QED) is 0.427. The first-order valence-corrected chi connectivity index (χ1v) is 12.0. The number of aromatic nitrogens is 5. The molecule has 0 aliphatic carbocycles. The van der Waals surface area contributed by atoms with Gasteiger partial charge in [-0.25, -0.2) is 14.2 Å². The topological polar surface area (TPSA) is 97.4 Å². The predicted molar refractivity (Wildman–Crippen MR) is 133 cm³/mol. The van der Waals surface area contributed by atoms with E-state index in [0.29, 0.717) is 28.5 Å². The van der Waals surface area contributed by atoms with Crippen LogP contribution in [-0.4, -0.2) is 47.6 Å². The lowest BCUT2D eigenvalue weighted by molar-refractivity contribution is -0.145. The number of amides is 2. The van der Waals surface area contributed by atoms with Gasteiger partial charge in [-0.3, -0.25) is 9.59 Å². The van der Waals surface area contributed by atoms with Gasteiger partial charge in [0.05, 0.1) is 23.3 Å². The molecule has 0 fully saturated rings. The van der Waals surface area contributed by atoms with Gasteiger partial charge in [0.25, 0.3) is 5.91 Å². The summed E-state index contributed by atoms with van der Waals surface area (Å²) < 4.78 is 44.7. The smallest absolute Gasteiger partial charge is 0.337 e. The molecule has 0 spiro atoms. The molecule has 1 aliphatic heterocycles. The van der Waals surface area contributed by atoms with E-state index in [0.717, 1.165) is 0 Å². The molecule has 4 aromatic rings. The molecular weight excluding hydrogens is 499 g/mol. The van der Waals surface area contributed by atoms with E-state index in [-0.39, 0.29) is 36.5 Å². The number of pyridine rings is 1. The number of carbonyl (C=O) groups excluding carboxylic acids is 2. The molecule has 0 atom stereocenters. The molecule has 12 heteroatoms. The molecule has 1 N–H and O–H groups in total. The van der Waals surface area contributed by atoms with E-state index in [2.05, 4.69) is 20.5 Å². The highest BCUT2D eigenvalue weighted by Crippen LogP contribution is 2.37. The van der Waals surface area contributed by atoms with Gasteiger partial charge in [-0.05, 0) is 37.3 Å². The number of benzene rings is 1. The lowest BCUT2D eigenvalue weighted by Gasteiger charge is -2.33. The Morgan fingerprint density at radius 1 is 1.05 bits per heavy atom. The summed E-state index contributed by atoms with van der Waals surface area (Å²) in [6.07, 6.45) is -2.87. The molecule has 3 aromatic heterocycles. The number of anilines is 1. The van der Waals surface area contributed by atoms with Gasteiger partial charge in [0.1, 0.15) is 5.82 Å². The molecule has 4 heterocycles. The van der Waals surface area contributed by atoms with E-state index in [1.807, 2.05) is 0 Å². The highest BCUT2D eigenvalue weighted by atomic mass is 19.4. The molecule has 1 aromatic carbocycles. The van der Waals surface area contributed by atoms with Crippen molar-refractivity contribution < 1.29 is 22.8 Å². The van der Waals surface area contributed by atoms with Crippen molar-refractivity contribution >= 4 is 23.1 Å². The molecule has 0 unspecified atom stereocenters. The minimum absolute atomic E-state index is 0.0207. The van der Waals surface area contributed by atoms with Crippen LogP contribution < -0.4 is 5.32 Å². The van der Waals surface area contributed by atoms with E-state index in [1.54, 1.807) is 68.7 Å². The van der Waals surface area contributed by atoms with Crippen LogP contribution in [0.1, 0.15) is 53.9 Å². The lowest BCUT2D eigenvalue weighted by atomic mass is 9.93. The lowest BCUT2D eigenvalue weighted by Crippen LogP contribution is -2.42. The molecule has 0 radical (unpaired) electrons. The van der Waals surface area contributed by atoms with Crippen LogP contribution in [0.3, 0.4) is 0 Å². The number of nitrogens with one attached hydrogen (secondary N) is 1. The third kappa shape index (κ3) is 4.73. The summed E-state index contributed by atoms with van der Waals surface area (Å²) in [7, 11) is 0. The van der Waals surface area contributed by atoms with Gasteiger partial charge in [-0.1, -0.05) is 26.8 Å². The maximum atomic E-state index is 14.0. The zero-order valence-corrected chi connectivity index (χ0v) is 21.3. The van der Waals surface area contributed by atoms with Gasteiger partial charge < -0.3 is 10.2 Å². The molecule has 5 rings (SSSR count). The van der Waals surface area contributed by atoms with E-state index in [1.165, 1.54) is 15.6 Å². The van der Waals surface area contributed by atoms with Gasteiger partial charge in [0.2, 0.25) is 5.91 Å². The highest BCUT2D eigenvalue weighted by molar-refractivity contribution is 6.04. The molecule has 1 aliphatic rings. The average Bonchev–Trinajstić information content (AvgIpc) is 3.42. The molecule has 2 amide bonds. The maximum Gasteiger partial charge on any atom is 0.435 e. The van der Waals surface area contributed by atoms with E-state index < -0.39 is 23.2 Å². The van der Waals surface area contributed by atoms with Crippen LogP contribution in [0.25, 0.3) is 11.3 Å². The first-order valence-electron chi connectivity index (χ1n) is 12.0. The standard InChI is InChI=1S/C26H26F3N7O2/c1-15-30-21-9-8-17(13-35(21)32-15)31-23(37)16-6-5-7-18(12-16)36-20-10-11-34(24(38)25(2,3)4)14-19(20)22(33-36)26(27,28)29/h5-9,12-13H,10-11,14H2,1-4H3,(H,31,37). The minimum Gasteiger partial charge on any atom is -0.337 e. The molecule has 0 saturated carbocycles. The van der Waals surface area contributed by atoms with Crippen molar-refractivity contribution in [3.63, 3.8) is 0 Å². The Balaban J connectivity index is 1.46. The number of fused-ring (bicyclic) bond motifs is 2. The van der Waals surface area contributed by atoms with Crippen LogP contribution in [0.2, 0.25) is 0 Å². The molecule has 0 saturated heterocycles. The summed E-state index contributed by atoms with van der Waals surface area (Å²) in [5, 5.41) is 10.9. The summed E-state index contributed by atoms with van der Waals surface area (Å²) in [6, 6.07) is 9.66. The summed E-state index contributed by atoms with van der Waals surface area (Å²) in [6.45, 7) is 7.07. The zero-order valence-electron chi connectivity index (χ0n) is 21.3. The van der Waals surface area contributed by atoms with E-state index in [9.17, 15) is 22.8 Å². The summed E-state index contributed by atoms with van der Waals surface area (Å²) in [4.78, 5) is 31.5. The van der Waals surface area contributed by atoms with Crippen LogP contribution >= 0.6 is 0 Å². The molecule has 9 nitrogen and oxygen atoms in total. The minimum atomic E-state index is -4.70. The normalized spacial score (nSPS) is 14.0. The first-order chi connectivity index (χ1) is 17.8. The number of aryl methyl sites for hydroxylation is 1. The summed E-state index contributed by atoms with van der Waals surface area (Å²) in [5.74, 6) is -0.0724. The fourth-order valence-corrected chi connectivity index (χ4v) is 4.56. The Labute approximate surface area is 216 Å². The SMILES string of the molecule is Cc1nc2ccc(NC(=O)c3cccc(-n4nc(C(F)(F)F)c5c4CCN(C(=O)C(C)(C)C)C5)c3)cn2n1.